The van der Waals surface area contributed by atoms with E-state index in [1.807, 2.05) is 0 Å². The zero-order valence-electron chi connectivity index (χ0n) is 17.5. The zero-order valence-corrected chi connectivity index (χ0v) is 17.5. The first-order valence-corrected chi connectivity index (χ1v) is 10.5. The Hall–Kier alpha value is -2.63. The third-order valence-corrected chi connectivity index (χ3v) is 7.58. The Kier molecular flexibility index (Phi) is 5.02. The van der Waals surface area contributed by atoms with Crippen molar-refractivity contribution in [1.82, 2.24) is 10.3 Å². The van der Waals surface area contributed by atoms with Crippen LogP contribution in [-0.2, 0) is 16.4 Å². The van der Waals surface area contributed by atoms with Gasteiger partial charge in [0.1, 0.15) is 5.84 Å². The number of nitriles is 1. The summed E-state index contributed by atoms with van der Waals surface area (Å²) in [4.78, 5) is 20.3. The van der Waals surface area contributed by atoms with Gasteiger partial charge >= 0.3 is 6.18 Å². The maximum Gasteiger partial charge on any atom is 0.416 e. The van der Waals surface area contributed by atoms with Crippen molar-refractivity contribution in [3.63, 3.8) is 0 Å². The van der Waals surface area contributed by atoms with Gasteiger partial charge in [0, 0.05) is 17.7 Å². The summed E-state index contributed by atoms with van der Waals surface area (Å²) in [6, 6.07) is 1.93. The molecule has 4 saturated carbocycles. The fourth-order valence-electron chi connectivity index (χ4n) is 6.19. The maximum atomic E-state index is 13.2. The normalized spacial score (nSPS) is 32.6. The Labute approximate surface area is 179 Å². The Morgan fingerprint density at radius 2 is 1.94 bits per heavy atom. The summed E-state index contributed by atoms with van der Waals surface area (Å²) in [5.74, 6) is 0.968. The van der Waals surface area contributed by atoms with E-state index in [-0.39, 0.29) is 29.5 Å². The SMILES string of the molecule is CC(C)(/C(=N\C#N)NC1C2CC3CC1CC(C(N)=O)(C3)C2)c1cc(C(F)(F)F)ccn1. The van der Waals surface area contributed by atoms with E-state index in [1.165, 1.54) is 0 Å². The van der Waals surface area contributed by atoms with Crippen LogP contribution in [-0.4, -0.2) is 22.8 Å². The van der Waals surface area contributed by atoms with E-state index in [4.69, 9.17) is 5.73 Å². The Balaban J connectivity index is 1.62. The average molecular weight is 433 g/mol. The molecule has 0 radical (unpaired) electrons. The van der Waals surface area contributed by atoms with Crippen LogP contribution < -0.4 is 11.1 Å². The number of pyridine rings is 1. The molecule has 2 atom stereocenters. The van der Waals surface area contributed by atoms with Gasteiger partial charge in [-0.25, -0.2) is 0 Å². The smallest absolute Gasteiger partial charge is 0.369 e. The largest absolute Gasteiger partial charge is 0.416 e. The van der Waals surface area contributed by atoms with Crippen LogP contribution in [0.15, 0.2) is 23.3 Å². The molecule has 31 heavy (non-hydrogen) atoms. The number of aromatic nitrogens is 1. The van der Waals surface area contributed by atoms with Crippen LogP contribution in [0.5, 0.6) is 0 Å². The number of primary amides is 1. The third-order valence-electron chi connectivity index (χ3n) is 7.58. The van der Waals surface area contributed by atoms with Crippen LogP contribution in [0.2, 0.25) is 0 Å². The highest BCUT2D eigenvalue weighted by molar-refractivity contribution is 5.93. The van der Waals surface area contributed by atoms with Crippen LogP contribution in [0, 0.1) is 34.6 Å². The van der Waals surface area contributed by atoms with Gasteiger partial charge in [-0.3, -0.25) is 9.78 Å². The summed E-state index contributed by atoms with van der Waals surface area (Å²) in [7, 11) is 0. The number of hydrogen-bond donors (Lipinski definition) is 2. The third kappa shape index (κ3) is 3.66. The number of alkyl halides is 3. The van der Waals surface area contributed by atoms with Gasteiger partial charge in [-0.1, -0.05) is 0 Å². The molecule has 2 unspecified atom stereocenters. The molecule has 0 aromatic carbocycles. The summed E-state index contributed by atoms with van der Waals surface area (Å²) in [5.41, 5.74) is 3.66. The highest BCUT2D eigenvalue weighted by atomic mass is 19.4. The molecule has 4 bridgehead atoms. The van der Waals surface area contributed by atoms with E-state index in [0.717, 1.165) is 37.6 Å². The monoisotopic (exact) mass is 433 g/mol. The standard InChI is InChI=1S/C22H26F3N5O/c1-20(2,16-7-15(3-4-28-16)22(23,24)25)19(29-11-26)30-17-13-5-12-6-14(17)10-21(8-12,9-13)18(27)31/h3-4,7,12-14,17H,5-6,8-10H2,1-2H3,(H2,27,31)(H,29,30). The van der Waals surface area contributed by atoms with E-state index < -0.39 is 22.6 Å². The molecule has 9 heteroatoms. The van der Waals surface area contributed by atoms with Crippen molar-refractivity contribution < 1.29 is 18.0 Å². The number of halogens is 3. The number of carbonyl (C=O) groups excluding carboxylic acids is 1. The molecular weight excluding hydrogens is 407 g/mol. The first kappa shape index (κ1) is 21.6. The highest BCUT2D eigenvalue weighted by Gasteiger charge is 2.58. The molecule has 1 aromatic rings. The molecule has 1 aromatic heterocycles. The first-order chi connectivity index (χ1) is 14.5. The summed E-state index contributed by atoms with van der Waals surface area (Å²) in [6.07, 6.45) is 2.64. The van der Waals surface area contributed by atoms with Crippen molar-refractivity contribution in [3.05, 3.63) is 29.6 Å². The lowest BCUT2D eigenvalue weighted by molar-refractivity contribution is -0.145. The van der Waals surface area contributed by atoms with E-state index in [9.17, 15) is 23.2 Å². The lowest BCUT2D eigenvalue weighted by Crippen LogP contribution is -2.63. The maximum absolute atomic E-state index is 13.2. The van der Waals surface area contributed by atoms with Gasteiger partial charge in [0.05, 0.1) is 16.7 Å². The molecule has 1 amide bonds. The number of nitrogens with two attached hydrogens (primary N) is 1. The zero-order chi connectivity index (χ0) is 22.6. The molecule has 0 saturated heterocycles. The van der Waals surface area contributed by atoms with Crippen molar-refractivity contribution in [1.29, 1.82) is 5.26 Å². The second-order valence-corrected chi connectivity index (χ2v) is 9.90. The molecule has 5 rings (SSSR count). The lowest BCUT2D eigenvalue weighted by atomic mass is 9.47. The van der Waals surface area contributed by atoms with Gasteiger partial charge in [-0.05, 0) is 75.8 Å². The van der Waals surface area contributed by atoms with Crippen molar-refractivity contribution in [2.45, 2.75) is 63.6 Å². The van der Waals surface area contributed by atoms with Gasteiger partial charge in [0.15, 0.2) is 0 Å². The Bertz CT molecular complexity index is 949. The van der Waals surface area contributed by atoms with Gasteiger partial charge in [0.2, 0.25) is 12.1 Å². The first-order valence-electron chi connectivity index (χ1n) is 10.5. The number of rotatable bonds is 4. The van der Waals surface area contributed by atoms with E-state index in [2.05, 4.69) is 15.3 Å². The Morgan fingerprint density at radius 1 is 1.29 bits per heavy atom. The molecule has 6 nitrogen and oxygen atoms in total. The number of nitrogens with zero attached hydrogens (tertiary/aromatic N) is 3. The number of amidine groups is 1. The van der Waals surface area contributed by atoms with Gasteiger partial charge in [0.25, 0.3) is 0 Å². The van der Waals surface area contributed by atoms with E-state index in [0.29, 0.717) is 24.6 Å². The molecule has 166 valence electrons. The van der Waals surface area contributed by atoms with E-state index in [1.54, 1.807) is 20.0 Å². The molecule has 4 aliphatic rings. The van der Waals surface area contributed by atoms with Crippen molar-refractivity contribution >= 4 is 11.7 Å². The van der Waals surface area contributed by atoms with Gasteiger partial charge in [-0.15, -0.1) is 0 Å². The molecule has 3 N–H and O–H groups in total. The minimum Gasteiger partial charge on any atom is -0.369 e. The molecule has 1 heterocycles. The fraction of sp³-hybridized carbons (Fsp3) is 0.636. The highest BCUT2D eigenvalue weighted by Crippen LogP contribution is 2.60. The van der Waals surface area contributed by atoms with Crippen LogP contribution >= 0.6 is 0 Å². The predicted molar refractivity (Wildman–Crippen MR) is 107 cm³/mol. The minimum absolute atomic E-state index is 0.00111. The summed E-state index contributed by atoms with van der Waals surface area (Å²) in [5, 5.41) is 12.7. The minimum atomic E-state index is -4.49. The van der Waals surface area contributed by atoms with E-state index >= 15 is 0 Å². The van der Waals surface area contributed by atoms with Crippen LogP contribution in [0.25, 0.3) is 0 Å². The molecule has 4 aliphatic carbocycles. The molecular formula is C22H26F3N5O. The quantitative estimate of drug-likeness (QED) is 0.431. The van der Waals surface area contributed by atoms with Crippen molar-refractivity contribution in [3.8, 4) is 6.19 Å². The number of nitrogens with one attached hydrogen (secondary N) is 1. The van der Waals surface area contributed by atoms with Crippen LogP contribution in [0.1, 0.15) is 57.2 Å². The summed E-state index contributed by atoms with van der Waals surface area (Å²) >= 11 is 0. The molecule has 4 fully saturated rings. The predicted octanol–water partition coefficient (Wildman–Crippen LogP) is 3.53. The number of amides is 1. The lowest BCUT2D eigenvalue weighted by Gasteiger charge is -2.59. The van der Waals surface area contributed by atoms with Gasteiger partial charge in [-0.2, -0.15) is 23.4 Å². The average Bonchev–Trinajstić information content (AvgIpc) is 2.68. The number of aliphatic imine (C=N–C) groups is 1. The Morgan fingerprint density at radius 3 is 2.48 bits per heavy atom. The van der Waals surface area contributed by atoms with Crippen LogP contribution in [0.3, 0.4) is 0 Å². The second kappa shape index (κ2) is 7.21. The van der Waals surface area contributed by atoms with Gasteiger partial charge < -0.3 is 11.1 Å². The summed E-state index contributed by atoms with van der Waals surface area (Å²) in [6.45, 7) is 3.42. The topological polar surface area (TPSA) is 104 Å². The number of carbonyl (C=O) groups is 1. The fourth-order valence-corrected chi connectivity index (χ4v) is 6.19. The van der Waals surface area contributed by atoms with Crippen molar-refractivity contribution in [2.24, 2.45) is 33.9 Å². The summed E-state index contributed by atoms with van der Waals surface area (Å²) < 4.78 is 39.6. The number of hydrogen-bond acceptors (Lipinski definition) is 4. The second-order valence-electron chi connectivity index (χ2n) is 9.90. The van der Waals surface area contributed by atoms with Crippen LogP contribution in [0.4, 0.5) is 13.2 Å². The van der Waals surface area contributed by atoms with Crippen molar-refractivity contribution in [2.75, 3.05) is 0 Å². The molecule has 0 aliphatic heterocycles. The molecule has 0 spiro atoms.